The van der Waals surface area contributed by atoms with Gasteiger partial charge >= 0.3 is 29.1 Å². The van der Waals surface area contributed by atoms with E-state index < -0.39 is 59.9 Å². The molecule has 0 spiro atoms. The Labute approximate surface area is 244 Å². The Morgan fingerprint density at radius 1 is 0.674 bits per heavy atom. The fourth-order valence-corrected chi connectivity index (χ4v) is 5.42. The number of amides is 6. The van der Waals surface area contributed by atoms with Crippen LogP contribution in [-0.2, 0) is 43.4 Å². The summed E-state index contributed by atoms with van der Waals surface area (Å²) in [6, 6.07) is -1.03. The number of carbonyl (C=O) groups is 4. The number of aliphatic hydroxyl groups excluding tert-OH is 1. The quantitative estimate of drug-likeness (QED) is 0.153. The van der Waals surface area contributed by atoms with Gasteiger partial charge in [0.1, 0.15) is 20.1 Å². The summed E-state index contributed by atoms with van der Waals surface area (Å²) >= 11 is 0. The van der Waals surface area contributed by atoms with Crippen LogP contribution in [0.2, 0.25) is 0 Å². The maximum atomic E-state index is 13.4. The normalized spacial score (nSPS) is 20.4. The molecule has 0 bridgehead atoms. The van der Waals surface area contributed by atoms with Crippen LogP contribution in [0.15, 0.2) is 14.4 Å². The van der Waals surface area contributed by atoms with E-state index >= 15 is 0 Å². The highest BCUT2D eigenvalue weighted by atomic mass is 16.5. The Kier molecular flexibility index (Phi) is 9.99. The van der Waals surface area contributed by atoms with E-state index in [1.54, 1.807) is 6.92 Å². The third-order valence-corrected chi connectivity index (χ3v) is 7.50. The first-order valence-corrected chi connectivity index (χ1v) is 13.7. The number of urea groups is 2. The van der Waals surface area contributed by atoms with Crippen LogP contribution in [0.3, 0.4) is 0 Å². The second-order valence-corrected chi connectivity index (χ2v) is 9.92. The Morgan fingerprint density at radius 2 is 1.19 bits per heavy atom. The number of methoxy groups -OCH3 is 2. The van der Waals surface area contributed by atoms with Gasteiger partial charge in [-0.2, -0.15) is 0 Å². The topological polar surface area (TPSA) is 198 Å². The summed E-state index contributed by atoms with van der Waals surface area (Å²) in [7, 11) is 2.77. The third kappa shape index (κ3) is 5.79. The molecule has 1 N–H and O–H groups in total. The second-order valence-electron chi connectivity index (χ2n) is 9.92. The average molecular weight is 613 g/mol. The van der Waals surface area contributed by atoms with Crippen LogP contribution in [0.1, 0.15) is 19.8 Å². The van der Waals surface area contributed by atoms with Gasteiger partial charge in [0.2, 0.25) is 11.8 Å². The molecule has 1 aromatic rings. The highest BCUT2D eigenvalue weighted by molar-refractivity contribution is 6.02. The van der Waals surface area contributed by atoms with Crippen molar-refractivity contribution < 1.29 is 38.5 Å². The highest BCUT2D eigenvalue weighted by Gasteiger charge is 2.59. The first-order valence-electron chi connectivity index (χ1n) is 13.7. The van der Waals surface area contributed by atoms with E-state index in [-0.39, 0.29) is 72.4 Å². The summed E-state index contributed by atoms with van der Waals surface area (Å²) < 4.78 is 18.2. The Bertz CT molecular complexity index is 1410. The molecule has 2 unspecified atom stereocenters. The molecule has 1 aromatic heterocycles. The third-order valence-electron chi connectivity index (χ3n) is 7.50. The number of likely N-dealkylation sites (tertiary alicyclic amines) is 1. The van der Waals surface area contributed by atoms with E-state index in [4.69, 9.17) is 14.2 Å². The summed E-state index contributed by atoms with van der Waals surface area (Å²) in [6.07, 6.45) is -1.66. The lowest BCUT2D eigenvalue weighted by Crippen LogP contribution is -2.55. The van der Waals surface area contributed by atoms with Crippen LogP contribution in [0.5, 0.6) is 0 Å². The number of likely N-dealkylation sites (N-methyl/N-ethyl adjacent to an activating group) is 1. The molecule has 0 radical (unpaired) electrons. The highest BCUT2D eigenvalue weighted by Crippen LogP contribution is 2.35. The minimum absolute atomic E-state index is 0.0321. The largest absolute Gasteiger partial charge is 0.395 e. The van der Waals surface area contributed by atoms with Crippen molar-refractivity contribution in [2.75, 3.05) is 60.7 Å². The Morgan fingerprint density at radius 3 is 1.72 bits per heavy atom. The molecule has 6 amide bonds. The van der Waals surface area contributed by atoms with Gasteiger partial charge in [0.25, 0.3) is 0 Å². The summed E-state index contributed by atoms with van der Waals surface area (Å²) in [6.45, 7) is -0.366. The molecule has 43 heavy (non-hydrogen) atoms. The van der Waals surface area contributed by atoms with E-state index in [0.29, 0.717) is 0 Å². The molecule has 3 fully saturated rings. The van der Waals surface area contributed by atoms with Crippen molar-refractivity contribution in [3.63, 3.8) is 0 Å². The molecular weight excluding hydrogens is 576 g/mol. The minimum Gasteiger partial charge on any atom is -0.395 e. The summed E-state index contributed by atoms with van der Waals surface area (Å²) in [4.78, 5) is 96.1. The number of aliphatic hydroxyl groups is 1. The average Bonchev–Trinajstić information content (AvgIpc) is 3.54. The van der Waals surface area contributed by atoms with Crippen LogP contribution >= 0.6 is 0 Å². The van der Waals surface area contributed by atoms with Gasteiger partial charge in [-0.25, -0.2) is 37.7 Å². The summed E-state index contributed by atoms with van der Waals surface area (Å²) in [5.74, 6) is -0.817. The number of carbonyl (C=O) groups excluding carboxylic acids is 4. The number of imide groups is 1. The van der Waals surface area contributed by atoms with E-state index in [1.165, 1.54) is 33.8 Å². The van der Waals surface area contributed by atoms with Crippen LogP contribution in [0.4, 0.5) is 9.59 Å². The molecule has 0 saturated carbocycles. The summed E-state index contributed by atoms with van der Waals surface area (Å²) in [5, 5.41) is 9.31. The number of aromatic nitrogens is 3. The van der Waals surface area contributed by atoms with Crippen molar-refractivity contribution in [1.29, 1.82) is 0 Å². The molecule has 0 aromatic carbocycles. The van der Waals surface area contributed by atoms with Crippen molar-refractivity contribution >= 4 is 23.9 Å². The lowest BCUT2D eigenvalue weighted by Gasteiger charge is -2.31. The first kappa shape index (κ1) is 31.9. The first-order chi connectivity index (χ1) is 20.6. The van der Waals surface area contributed by atoms with Gasteiger partial charge in [0.05, 0.1) is 39.5 Å². The number of hydrogen-bond donors (Lipinski definition) is 1. The monoisotopic (exact) mass is 612 g/mol. The number of fused-ring (bicyclic) bond motifs is 1. The fraction of sp³-hybridized carbons (Fsp3) is 0.708. The number of ether oxygens (including phenoxy) is 3. The van der Waals surface area contributed by atoms with Gasteiger partial charge in [-0.1, -0.05) is 0 Å². The van der Waals surface area contributed by atoms with Gasteiger partial charge in [0.15, 0.2) is 12.3 Å². The maximum absolute atomic E-state index is 13.4. The van der Waals surface area contributed by atoms with E-state index in [0.717, 1.165) is 18.6 Å². The molecule has 3 aliphatic rings. The van der Waals surface area contributed by atoms with Crippen LogP contribution in [0, 0.1) is 0 Å². The predicted molar refractivity (Wildman–Crippen MR) is 143 cm³/mol. The lowest BCUT2D eigenvalue weighted by molar-refractivity contribution is -0.140. The van der Waals surface area contributed by atoms with Crippen LogP contribution < -0.4 is 17.1 Å². The summed E-state index contributed by atoms with van der Waals surface area (Å²) in [5.41, 5.74) is -2.68. The molecule has 4 heterocycles. The zero-order valence-electron chi connectivity index (χ0n) is 24.2. The standard InChI is InChI=1S/C24H36N8O11/c1-4-25-18-19(31(14-42-3)24(40)30(18)13-29-16(34)5-6-17(29)35)32(20(25)36)15-43-12-9-28-22(38)26(7-10-33)21(37)27(23(28)39)8-11-41-2/h18-19,33H,4-15H2,1-3H3. The molecule has 0 aliphatic carbocycles. The van der Waals surface area contributed by atoms with E-state index in [9.17, 15) is 38.7 Å². The van der Waals surface area contributed by atoms with Gasteiger partial charge in [0, 0.05) is 33.6 Å². The molecule has 3 saturated heterocycles. The molecule has 238 valence electrons. The van der Waals surface area contributed by atoms with E-state index in [2.05, 4.69) is 0 Å². The van der Waals surface area contributed by atoms with Crippen molar-refractivity contribution in [2.45, 2.75) is 51.7 Å². The Hall–Kier alpha value is -4.07. The van der Waals surface area contributed by atoms with E-state index in [1.807, 2.05) is 0 Å². The number of nitrogens with zero attached hydrogens (tertiary/aromatic N) is 8. The molecule has 3 aliphatic heterocycles. The predicted octanol–water partition coefficient (Wildman–Crippen LogP) is -3.36. The molecule has 2 atom stereocenters. The minimum atomic E-state index is -0.926. The van der Waals surface area contributed by atoms with Gasteiger partial charge < -0.3 is 24.2 Å². The lowest BCUT2D eigenvalue weighted by atomic mass is 10.3. The van der Waals surface area contributed by atoms with Gasteiger partial charge in [-0.15, -0.1) is 0 Å². The second kappa shape index (κ2) is 13.5. The number of hydrogen-bond acceptors (Lipinski definition) is 11. The molecule has 19 heteroatoms. The van der Waals surface area contributed by atoms with Crippen molar-refractivity contribution in [2.24, 2.45) is 0 Å². The molecular formula is C24H36N8O11. The Balaban J connectivity index is 1.53. The molecule has 4 rings (SSSR count). The molecule has 19 nitrogen and oxygen atoms in total. The zero-order chi connectivity index (χ0) is 31.4. The SMILES string of the molecule is CCN1C(=O)N(COCCn2c(=O)n(CCO)c(=O)n(CCOC)c2=O)C2C1N(CN1C(=O)CCC1=O)C(=O)N2COC. The smallest absolute Gasteiger partial charge is 0.336 e. The zero-order valence-corrected chi connectivity index (χ0v) is 24.2. The van der Waals surface area contributed by atoms with Gasteiger partial charge in [-0.3, -0.25) is 29.2 Å². The van der Waals surface area contributed by atoms with Crippen molar-refractivity contribution in [3.8, 4) is 0 Å². The fourth-order valence-electron chi connectivity index (χ4n) is 5.42. The maximum Gasteiger partial charge on any atom is 0.336 e. The van der Waals surface area contributed by atoms with Crippen molar-refractivity contribution in [3.05, 3.63) is 31.5 Å². The number of rotatable bonds is 15. The van der Waals surface area contributed by atoms with Crippen molar-refractivity contribution in [1.82, 2.24) is 38.2 Å². The van der Waals surface area contributed by atoms with Gasteiger partial charge in [-0.05, 0) is 6.92 Å². The van der Waals surface area contributed by atoms with Crippen LogP contribution in [-0.4, -0.2) is 140 Å². The van der Waals surface area contributed by atoms with Crippen LogP contribution in [0.25, 0.3) is 0 Å².